The first-order valence-electron chi connectivity index (χ1n) is 7.74. The first kappa shape index (κ1) is 20.7. The van der Waals surface area contributed by atoms with E-state index in [1.165, 1.54) is 12.1 Å². The first-order valence-corrected chi connectivity index (χ1v) is 10.3. The van der Waals surface area contributed by atoms with Gasteiger partial charge in [0.05, 0.1) is 10.0 Å². The number of fused-ring (bicyclic) bond motifs is 1. The van der Waals surface area contributed by atoms with Gasteiger partial charge in [-0.25, -0.2) is 0 Å². The molecule has 0 aliphatic heterocycles. The average molecular weight is 461 g/mol. The first-order chi connectivity index (χ1) is 13.2. The van der Waals surface area contributed by atoms with E-state index in [0.717, 1.165) is 6.07 Å². The third-order valence-corrected chi connectivity index (χ3v) is 5.55. The molecule has 0 amide bonds. The average Bonchev–Trinajstić information content (AvgIpc) is 2.61. The molecule has 0 radical (unpaired) electrons. The van der Waals surface area contributed by atoms with Gasteiger partial charge in [-0.3, -0.25) is 4.55 Å². The number of nitrogens with two attached hydrogens (primary N) is 1. The fourth-order valence-corrected chi connectivity index (χ4v) is 4.35. The van der Waals surface area contributed by atoms with Gasteiger partial charge in [0.2, 0.25) is 0 Å². The minimum absolute atomic E-state index is 0.00853. The molecule has 0 unspecified atom stereocenters. The quantitative estimate of drug-likeness (QED) is 0.298. The molecule has 3 N–H and O–H groups in total. The van der Waals surface area contributed by atoms with Crippen LogP contribution in [0.5, 0.6) is 0 Å². The van der Waals surface area contributed by atoms with Crippen LogP contribution in [-0.4, -0.2) is 13.0 Å². The van der Waals surface area contributed by atoms with Crippen LogP contribution in [0.3, 0.4) is 0 Å². The zero-order valence-electron chi connectivity index (χ0n) is 14.0. The highest BCUT2D eigenvalue weighted by atomic mass is 35.5. The molecule has 0 saturated heterocycles. The van der Waals surface area contributed by atoms with Gasteiger partial charge in [0.1, 0.15) is 22.0 Å². The topological polar surface area (TPSA) is 130 Å². The van der Waals surface area contributed by atoms with Gasteiger partial charge in [-0.05, 0) is 31.0 Å². The van der Waals surface area contributed by atoms with Crippen molar-refractivity contribution >= 4 is 74.1 Å². The molecule has 12 heteroatoms. The Bertz CT molecular complexity index is 1220. The predicted molar refractivity (Wildman–Crippen MR) is 108 cm³/mol. The summed E-state index contributed by atoms with van der Waals surface area (Å²) < 4.78 is 33.3. The molecule has 8 nitrogen and oxygen atoms in total. The highest BCUT2D eigenvalue weighted by molar-refractivity contribution is 7.85. The lowest BCUT2D eigenvalue weighted by molar-refractivity contribution is 0.482. The van der Waals surface area contributed by atoms with E-state index in [9.17, 15) is 13.0 Å². The molecular weight excluding hydrogens is 449 g/mol. The zero-order chi connectivity index (χ0) is 20.5. The molecule has 0 saturated carbocycles. The Morgan fingerprint density at radius 2 is 1.50 bits per heavy atom. The Morgan fingerprint density at radius 1 is 0.893 bits per heavy atom. The lowest BCUT2D eigenvalue weighted by Crippen LogP contribution is -2.32. The highest BCUT2D eigenvalue weighted by Gasteiger charge is 2.19. The van der Waals surface area contributed by atoms with Gasteiger partial charge in [0.15, 0.2) is 0 Å². The van der Waals surface area contributed by atoms with Gasteiger partial charge in [0, 0.05) is 15.5 Å². The highest BCUT2D eigenvalue weighted by Crippen LogP contribution is 2.38. The van der Waals surface area contributed by atoms with Gasteiger partial charge in [0.25, 0.3) is 10.1 Å². The maximum absolute atomic E-state index is 11.9. The van der Waals surface area contributed by atoms with Crippen molar-refractivity contribution < 1.29 is 13.0 Å². The number of azo groups is 1. The summed E-state index contributed by atoms with van der Waals surface area (Å²) in [5.74, 6) is 5.20. The Kier molecular flexibility index (Phi) is 6.01. The number of benzene rings is 2. The number of rotatable bonds is 4. The van der Waals surface area contributed by atoms with Gasteiger partial charge >= 0.3 is 0 Å². The number of hydrogen-bond acceptors (Lipinski definition) is 6. The summed E-state index contributed by atoms with van der Waals surface area (Å²) in [6.45, 7) is 0. The molecule has 1 aliphatic carbocycles. The van der Waals surface area contributed by atoms with Crippen LogP contribution in [0.2, 0.25) is 15.1 Å². The minimum Gasteiger partial charge on any atom is -0.305 e. The van der Waals surface area contributed by atoms with Crippen LogP contribution in [0.25, 0.3) is 12.2 Å². The summed E-state index contributed by atoms with van der Waals surface area (Å²) in [7, 11) is -4.53. The second-order valence-electron chi connectivity index (χ2n) is 5.66. The van der Waals surface area contributed by atoms with Crippen LogP contribution in [0, 0.1) is 0 Å². The van der Waals surface area contributed by atoms with Crippen LogP contribution in [0.15, 0.2) is 43.7 Å². The van der Waals surface area contributed by atoms with Gasteiger partial charge in [-0.15, -0.1) is 15.3 Å². The molecule has 28 heavy (non-hydrogen) atoms. The second-order valence-corrected chi connectivity index (χ2v) is 8.30. The van der Waals surface area contributed by atoms with Crippen molar-refractivity contribution in [3.8, 4) is 0 Å². The summed E-state index contributed by atoms with van der Waals surface area (Å²) in [4.78, 5) is -0.323. The van der Waals surface area contributed by atoms with Crippen molar-refractivity contribution in [2.24, 2.45) is 26.4 Å². The summed E-state index contributed by atoms with van der Waals surface area (Å²) in [5, 5.41) is 16.5. The van der Waals surface area contributed by atoms with Gasteiger partial charge in [-0.1, -0.05) is 52.2 Å². The van der Waals surface area contributed by atoms with Crippen LogP contribution in [0.4, 0.5) is 17.1 Å². The standard InChI is InChI=1S/C16H12Cl3N5O3S/c17-8-5-11(18)16(12(19)6-8)22-21-13-7-14(28(25,26)27)9-3-1-2-4-10(9)15(13)23-24-20/h3-7H,1-2H2,(H2,20,23)(H,25,26,27). The fourth-order valence-electron chi connectivity index (χ4n) is 2.73. The number of halogens is 3. The Balaban J connectivity index is 2.30. The molecule has 146 valence electrons. The SMILES string of the molecule is NN=Nc1c(N=Nc2c(Cl)cc(Cl)cc2Cl)cc(S(=O)(=O)O)c2c1=CCCC=2. The van der Waals surface area contributed by atoms with Crippen LogP contribution < -0.4 is 16.3 Å². The summed E-state index contributed by atoms with van der Waals surface area (Å²) in [5.41, 5.74) is 0.338. The smallest absolute Gasteiger partial charge is 0.295 e. The second kappa shape index (κ2) is 8.14. The van der Waals surface area contributed by atoms with E-state index in [1.54, 1.807) is 12.2 Å². The molecule has 1 aliphatic rings. The van der Waals surface area contributed by atoms with E-state index in [4.69, 9.17) is 40.6 Å². The molecule has 0 fully saturated rings. The molecular formula is C16H12Cl3N5O3S. The summed E-state index contributed by atoms with van der Waals surface area (Å²) in [6, 6.07) is 4.00. The minimum atomic E-state index is -4.53. The van der Waals surface area contributed by atoms with Crippen LogP contribution in [-0.2, 0) is 10.1 Å². The lowest BCUT2D eigenvalue weighted by atomic mass is 10.1. The Morgan fingerprint density at radius 3 is 2.07 bits per heavy atom. The van der Waals surface area contributed by atoms with Crippen molar-refractivity contribution in [2.75, 3.05) is 0 Å². The van der Waals surface area contributed by atoms with E-state index >= 15 is 0 Å². The largest absolute Gasteiger partial charge is 0.305 e. The molecule has 0 bridgehead atoms. The van der Waals surface area contributed by atoms with E-state index in [2.05, 4.69) is 20.6 Å². The monoisotopic (exact) mass is 459 g/mol. The van der Waals surface area contributed by atoms with E-state index < -0.39 is 10.1 Å². The van der Waals surface area contributed by atoms with E-state index in [-0.39, 0.29) is 32.0 Å². The van der Waals surface area contributed by atoms with Gasteiger partial charge < -0.3 is 5.84 Å². The molecule has 0 spiro atoms. The predicted octanol–water partition coefficient (Wildman–Crippen LogP) is 4.62. The molecule has 0 aromatic heterocycles. The Hall–Kier alpha value is -2.04. The Labute approximate surface area is 174 Å². The van der Waals surface area contributed by atoms with Crippen molar-refractivity contribution in [3.05, 3.63) is 43.7 Å². The number of nitrogens with zero attached hydrogens (tertiary/aromatic N) is 4. The third-order valence-electron chi connectivity index (χ3n) is 3.86. The maximum atomic E-state index is 11.9. The van der Waals surface area contributed by atoms with Crippen LogP contribution in [0.1, 0.15) is 12.8 Å². The maximum Gasteiger partial charge on any atom is 0.295 e. The number of hydrogen-bond donors (Lipinski definition) is 2. The van der Waals surface area contributed by atoms with Crippen molar-refractivity contribution in [1.29, 1.82) is 0 Å². The normalized spacial score (nSPS) is 14.1. The van der Waals surface area contributed by atoms with Crippen molar-refractivity contribution in [3.63, 3.8) is 0 Å². The van der Waals surface area contributed by atoms with E-state index in [1.807, 2.05) is 0 Å². The lowest BCUT2D eigenvalue weighted by Gasteiger charge is -2.09. The van der Waals surface area contributed by atoms with Gasteiger partial charge in [-0.2, -0.15) is 8.42 Å². The third kappa shape index (κ3) is 4.18. The van der Waals surface area contributed by atoms with Crippen LogP contribution >= 0.6 is 34.8 Å². The van der Waals surface area contributed by atoms with Crippen molar-refractivity contribution in [2.45, 2.75) is 17.7 Å². The molecule has 2 aromatic carbocycles. The summed E-state index contributed by atoms with van der Waals surface area (Å²) >= 11 is 18.1. The molecule has 0 atom stereocenters. The molecule has 0 heterocycles. The molecule has 3 rings (SSSR count). The van der Waals surface area contributed by atoms with E-state index in [0.29, 0.717) is 28.3 Å². The summed E-state index contributed by atoms with van der Waals surface area (Å²) in [6.07, 6.45) is 4.68. The fraction of sp³-hybridized carbons (Fsp3) is 0.125. The zero-order valence-corrected chi connectivity index (χ0v) is 17.1. The van der Waals surface area contributed by atoms with Crippen molar-refractivity contribution in [1.82, 2.24) is 0 Å². The molecule has 2 aromatic rings.